The smallest absolute Gasteiger partial charge is 0.272 e. The Kier molecular flexibility index (Phi) is 3.15. The van der Waals surface area contributed by atoms with E-state index in [1.54, 1.807) is 0 Å². The Morgan fingerprint density at radius 1 is 1.26 bits per heavy atom. The highest BCUT2D eigenvalue weighted by Gasteiger charge is 2.52. The van der Waals surface area contributed by atoms with E-state index in [9.17, 15) is 13.2 Å². The van der Waals surface area contributed by atoms with Crippen LogP contribution in [-0.4, -0.2) is 35.5 Å². The zero-order valence-electron chi connectivity index (χ0n) is 10.1. The third-order valence-corrected chi connectivity index (χ3v) is 5.97. The Labute approximate surface area is 120 Å². The van der Waals surface area contributed by atoms with E-state index in [1.807, 2.05) is 24.3 Å². The van der Waals surface area contributed by atoms with E-state index in [0.29, 0.717) is 13.0 Å². The fourth-order valence-electron chi connectivity index (χ4n) is 2.58. The number of hydrogen-bond acceptors (Lipinski definition) is 3. The van der Waals surface area contributed by atoms with Gasteiger partial charge in [-0.05, 0) is 30.5 Å². The van der Waals surface area contributed by atoms with Gasteiger partial charge in [-0.25, -0.2) is 4.31 Å². The van der Waals surface area contributed by atoms with E-state index in [4.69, 9.17) is 0 Å². The van der Waals surface area contributed by atoms with Crippen molar-refractivity contribution in [2.45, 2.75) is 25.4 Å². The van der Waals surface area contributed by atoms with Gasteiger partial charge in [0.25, 0.3) is 5.91 Å². The predicted octanol–water partition coefficient (Wildman–Crippen LogP) is 1.50. The van der Waals surface area contributed by atoms with Crippen LogP contribution in [0, 0.1) is 0 Å². The SMILES string of the molecule is O=C1[C@@H]2CCCN2S(=O)(=O)N1Cc1ccc(Br)cc1. The molecule has 1 aromatic rings. The van der Waals surface area contributed by atoms with Gasteiger partial charge in [0, 0.05) is 11.0 Å². The average molecular weight is 345 g/mol. The van der Waals surface area contributed by atoms with Crippen molar-refractivity contribution in [3.05, 3.63) is 34.3 Å². The van der Waals surface area contributed by atoms with Crippen LogP contribution in [0.2, 0.25) is 0 Å². The second-order valence-electron chi connectivity index (χ2n) is 4.75. The summed E-state index contributed by atoms with van der Waals surface area (Å²) < 4.78 is 27.8. The van der Waals surface area contributed by atoms with Crippen molar-refractivity contribution < 1.29 is 13.2 Å². The topological polar surface area (TPSA) is 57.7 Å². The molecule has 0 radical (unpaired) electrons. The number of benzene rings is 1. The van der Waals surface area contributed by atoms with Crippen molar-refractivity contribution in [3.63, 3.8) is 0 Å². The lowest BCUT2D eigenvalue weighted by Gasteiger charge is -2.17. The summed E-state index contributed by atoms with van der Waals surface area (Å²) in [7, 11) is -3.62. The normalized spacial score (nSPS) is 25.8. The zero-order valence-corrected chi connectivity index (χ0v) is 12.5. The van der Waals surface area contributed by atoms with Crippen LogP contribution in [0.15, 0.2) is 28.7 Å². The molecule has 2 aliphatic rings. The number of nitrogens with zero attached hydrogens (tertiary/aromatic N) is 2. The molecule has 2 fully saturated rings. The van der Waals surface area contributed by atoms with Crippen molar-refractivity contribution in [1.82, 2.24) is 8.61 Å². The summed E-state index contributed by atoms with van der Waals surface area (Å²) in [6.45, 7) is 0.566. The van der Waals surface area contributed by atoms with Crippen molar-refractivity contribution in [2.24, 2.45) is 0 Å². The molecule has 1 atom stereocenters. The molecule has 1 amide bonds. The lowest BCUT2D eigenvalue weighted by atomic mass is 10.2. The molecule has 1 aromatic carbocycles. The largest absolute Gasteiger partial charge is 0.307 e. The van der Waals surface area contributed by atoms with Crippen LogP contribution in [0.3, 0.4) is 0 Å². The molecule has 102 valence electrons. The van der Waals surface area contributed by atoms with Gasteiger partial charge in [-0.2, -0.15) is 12.7 Å². The van der Waals surface area contributed by atoms with Gasteiger partial charge in [-0.1, -0.05) is 28.1 Å². The highest BCUT2D eigenvalue weighted by molar-refractivity contribution is 9.10. The lowest BCUT2D eigenvalue weighted by molar-refractivity contribution is -0.127. The Morgan fingerprint density at radius 3 is 2.58 bits per heavy atom. The minimum atomic E-state index is -3.62. The molecule has 19 heavy (non-hydrogen) atoms. The second kappa shape index (κ2) is 4.57. The van der Waals surface area contributed by atoms with Crippen LogP contribution in [0.4, 0.5) is 0 Å². The molecule has 2 saturated heterocycles. The van der Waals surface area contributed by atoms with Crippen molar-refractivity contribution in [1.29, 1.82) is 0 Å². The summed E-state index contributed by atoms with van der Waals surface area (Å²) >= 11 is 3.32. The molecule has 0 bridgehead atoms. The first kappa shape index (κ1) is 13.1. The summed E-state index contributed by atoms with van der Waals surface area (Å²) in [6.07, 6.45) is 1.40. The van der Waals surface area contributed by atoms with Crippen molar-refractivity contribution in [3.8, 4) is 0 Å². The molecular formula is C12H13BrN2O3S. The summed E-state index contributed by atoms with van der Waals surface area (Å²) in [5.74, 6) is -0.291. The highest BCUT2D eigenvalue weighted by Crippen LogP contribution is 2.33. The second-order valence-corrected chi connectivity index (χ2v) is 7.47. The maximum atomic E-state index is 12.3. The molecular weight excluding hydrogens is 332 g/mol. The van der Waals surface area contributed by atoms with Gasteiger partial charge in [0.2, 0.25) is 0 Å². The Morgan fingerprint density at radius 2 is 1.95 bits per heavy atom. The maximum absolute atomic E-state index is 12.3. The molecule has 0 aliphatic carbocycles. The molecule has 5 nitrogen and oxygen atoms in total. The minimum absolute atomic E-state index is 0.113. The van der Waals surface area contributed by atoms with Gasteiger partial charge in [-0.3, -0.25) is 4.79 Å². The Hall–Kier alpha value is -0.920. The standard InChI is InChI=1S/C12H13BrN2O3S/c13-10-5-3-9(4-6-10)8-15-12(16)11-2-1-7-14(11)19(15,17)18/h3-6,11H,1-2,7-8H2/t11-/m0/s1. The first-order chi connectivity index (χ1) is 9.00. The molecule has 2 aliphatic heterocycles. The molecule has 0 saturated carbocycles. The number of carbonyl (C=O) groups excluding carboxylic acids is 1. The van der Waals surface area contributed by atoms with Crippen LogP contribution >= 0.6 is 15.9 Å². The van der Waals surface area contributed by atoms with Crippen LogP contribution in [-0.2, 0) is 21.5 Å². The Balaban J connectivity index is 1.89. The number of hydrogen-bond donors (Lipinski definition) is 0. The summed E-state index contributed by atoms with van der Waals surface area (Å²) in [5, 5.41) is 0. The van der Waals surface area contributed by atoms with E-state index in [-0.39, 0.29) is 12.5 Å². The lowest BCUT2D eigenvalue weighted by Crippen LogP contribution is -2.33. The summed E-state index contributed by atoms with van der Waals surface area (Å²) in [6, 6.07) is 6.83. The predicted molar refractivity (Wildman–Crippen MR) is 73.3 cm³/mol. The van der Waals surface area contributed by atoms with E-state index in [0.717, 1.165) is 20.8 Å². The van der Waals surface area contributed by atoms with Crippen LogP contribution in [0.1, 0.15) is 18.4 Å². The van der Waals surface area contributed by atoms with E-state index >= 15 is 0 Å². The molecule has 0 spiro atoms. The third kappa shape index (κ3) is 2.09. The fourth-order valence-corrected chi connectivity index (χ4v) is 4.64. The van der Waals surface area contributed by atoms with Gasteiger partial charge in [-0.15, -0.1) is 0 Å². The molecule has 3 rings (SSSR count). The first-order valence-corrected chi connectivity index (χ1v) is 8.27. The number of halogens is 1. The quantitative estimate of drug-likeness (QED) is 0.816. The van der Waals surface area contributed by atoms with E-state index in [2.05, 4.69) is 15.9 Å². The van der Waals surface area contributed by atoms with Crippen molar-refractivity contribution >= 4 is 32.0 Å². The Bertz CT molecular complexity index is 614. The zero-order chi connectivity index (χ0) is 13.6. The van der Waals surface area contributed by atoms with Crippen LogP contribution in [0.5, 0.6) is 0 Å². The van der Waals surface area contributed by atoms with Gasteiger partial charge in [0.15, 0.2) is 0 Å². The van der Waals surface area contributed by atoms with Crippen molar-refractivity contribution in [2.75, 3.05) is 6.54 Å². The summed E-state index contributed by atoms with van der Waals surface area (Å²) in [5.41, 5.74) is 0.807. The van der Waals surface area contributed by atoms with Crippen LogP contribution < -0.4 is 0 Å². The first-order valence-electron chi connectivity index (χ1n) is 6.08. The molecule has 2 heterocycles. The molecule has 0 aromatic heterocycles. The fraction of sp³-hybridized carbons (Fsp3) is 0.417. The van der Waals surface area contributed by atoms with Gasteiger partial charge in [0.05, 0.1) is 6.54 Å². The van der Waals surface area contributed by atoms with Gasteiger partial charge in [0.1, 0.15) is 6.04 Å². The minimum Gasteiger partial charge on any atom is -0.272 e. The number of rotatable bonds is 2. The molecule has 0 unspecified atom stereocenters. The van der Waals surface area contributed by atoms with Gasteiger partial charge >= 0.3 is 10.2 Å². The number of fused-ring (bicyclic) bond motifs is 1. The van der Waals surface area contributed by atoms with E-state index in [1.165, 1.54) is 4.31 Å². The van der Waals surface area contributed by atoms with Crippen LogP contribution in [0.25, 0.3) is 0 Å². The number of amides is 1. The average Bonchev–Trinajstić information content (AvgIpc) is 2.92. The summed E-state index contributed by atoms with van der Waals surface area (Å²) in [4.78, 5) is 12.2. The van der Waals surface area contributed by atoms with E-state index < -0.39 is 16.3 Å². The number of carbonyl (C=O) groups is 1. The third-order valence-electron chi connectivity index (χ3n) is 3.55. The molecule has 7 heteroatoms. The van der Waals surface area contributed by atoms with Gasteiger partial charge < -0.3 is 0 Å². The monoisotopic (exact) mass is 344 g/mol. The molecule has 0 N–H and O–H groups in total. The maximum Gasteiger partial charge on any atom is 0.307 e. The highest BCUT2D eigenvalue weighted by atomic mass is 79.9.